The minimum Gasteiger partial charge on any atom is -0.337 e. The molecule has 0 radical (unpaired) electrons. The first-order valence-electron chi connectivity index (χ1n) is 6.47. The van der Waals surface area contributed by atoms with Gasteiger partial charge in [-0.15, -0.1) is 0 Å². The number of pyridine rings is 1. The molecule has 0 N–H and O–H groups in total. The summed E-state index contributed by atoms with van der Waals surface area (Å²) in [4.78, 5) is 18.5. The summed E-state index contributed by atoms with van der Waals surface area (Å²) in [6.45, 7) is 0.585. The van der Waals surface area contributed by atoms with E-state index in [1.165, 1.54) is 0 Å². The number of nitrogens with zero attached hydrogens (tertiary/aromatic N) is 3. The Morgan fingerprint density at radius 3 is 2.75 bits per heavy atom. The van der Waals surface area contributed by atoms with Crippen LogP contribution in [0.3, 0.4) is 0 Å². The summed E-state index contributed by atoms with van der Waals surface area (Å²) in [6.07, 6.45) is 5.42. The molecule has 0 aliphatic carbocycles. The molecule has 0 unspecified atom stereocenters. The largest absolute Gasteiger partial charge is 0.337 e. The third kappa shape index (κ3) is 2.28. The molecule has 0 fully saturated rings. The molecule has 0 aliphatic rings. The lowest BCUT2D eigenvalue weighted by molar-refractivity contribution is 0.0786. The second-order valence-corrected chi connectivity index (χ2v) is 4.73. The summed E-state index contributed by atoms with van der Waals surface area (Å²) in [6, 6.07) is 13.6. The molecular weight excluding hydrogens is 250 g/mol. The third-order valence-electron chi connectivity index (χ3n) is 3.26. The fourth-order valence-electron chi connectivity index (χ4n) is 2.25. The van der Waals surface area contributed by atoms with Crippen LogP contribution < -0.4 is 0 Å². The predicted octanol–water partition coefficient (Wildman–Crippen LogP) is 2.61. The fourth-order valence-corrected chi connectivity index (χ4v) is 2.25. The molecule has 0 spiro atoms. The molecule has 20 heavy (non-hydrogen) atoms. The van der Waals surface area contributed by atoms with E-state index in [-0.39, 0.29) is 5.91 Å². The Bertz CT molecular complexity index is 734. The predicted molar refractivity (Wildman–Crippen MR) is 77.4 cm³/mol. The zero-order valence-electron chi connectivity index (χ0n) is 11.2. The van der Waals surface area contributed by atoms with E-state index in [0.717, 1.165) is 5.56 Å². The van der Waals surface area contributed by atoms with Crippen molar-refractivity contribution in [1.29, 1.82) is 0 Å². The Hall–Kier alpha value is -2.62. The van der Waals surface area contributed by atoms with Crippen LogP contribution in [0.25, 0.3) is 5.65 Å². The monoisotopic (exact) mass is 265 g/mol. The SMILES string of the molecule is CN(Cc1ccccc1)C(=O)c1cccn2ccnc12. The molecule has 100 valence electrons. The number of amides is 1. The van der Waals surface area contributed by atoms with Crippen molar-refractivity contribution in [3.8, 4) is 0 Å². The van der Waals surface area contributed by atoms with Gasteiger partial charge in [-0.3, -0.25) is 4.79 Å². The maximum atomic E-state index is 12.5. The van der Waals surface area contributed by atoms with Gasteiger partial charge in [0.05, 0.1) is 5.56 Å². The van der Waals surface area contributed by atoms with Crippen molar-refractivity contribution >= 4 is 11.6 Å². The molecule has 4 nitrogen and oxygen atoms in total. The zero-order chi connectivity index (χ0) is 13.9. The Morgan fingerprint density at radius 2 is 1.95 bits per heavy atom. The van der Waals surface area contributed by atoms with Gasteiger partial charge in [0.15, 0.2) is 0 Å². The van der Waals surface area contributed by atoms with Crippen LogP contribution >= 0.6 is 0 Å². The number of aromatic nitrogens is 2. The first-order chi connectivity index (χ1) is 9.75. The standard InChI is InChI=1S/C16H15N3O/c1-18(12-13-6-3-2-4-7-13)16(20)14-8-5-10-19-11-9-17-15(14)19/h2-11H,12H2,1H3. The lowest BCUT2D eigenvalue weighted by atomic mass is 10.2. The van der Waals surface area contributed by atoms with Gasteiger partial charge >= 0.3 is 0 Å². The maximum absolute atomic E-state index is 12.5. The van der Waals surface area contributed by atoms with Crippen LogP contribution in [-0.2, 0) is 6.54 Å². The van der Waals surface area contributed by atoms with Gasteiger partial charge in [0.2, 0.25) is 0 Å². The second-order valence-electron chi connectivity index (χ2n) is 4.73. The smallest absolute Gasteiger partial charge is 0.257 e. The molecule has 2 heterocycles. The van der Waals surface area contributed by atoms with Gasteiger partial charge in [-0.1, -0.05) is 30.3 Å². The van der Waals surface area contributed by atoms with Crippen molar-refractivity contribution in [3.63, 3.8) is 0 Å². The van der Waals surface area contributed by atoms with Crippen molar-refractivity contribution in [3.05, 3.63) is 72.2 Å². The number of imidazole rings is 1. The van der Waals surface area contributed by atoms with Gasteiger partial charge in [-0.25, -0.2) is 4.98 Å². The van der Waals surface area contributed by atoms with E-state index in [1.807, 2.05) is 66.3 Å². The maximum Gasteiger partial charge on any atom is 0.257 e. The normalized spacial score (nSPS) is 10.7. The molecule has 1 aromatic carbocycles. The highest BCUT2D eigenvalue weighted by Gasteiger charge is 2.15. The molecule has 0 aliphatic heterocycles. The zero-order valence-corrected chi connectivity index (χ0v) is 11.2. The minimum absolute atomic E-state index is 0.0225. The number of carbonyl (C=O) groups is 1. The molecular formula is C16H15N3O. The number of benzene rings is 1. The van der Waals surface area contributed by atoms with Crippen molar-refractivity contribution in [2.75, 3.05) is 7.05 Å². The fraction of sp³-hybridized carbons (Fsp3) is 0.125. The van der Waals surface area contributed by atoms with Crippen LogP contribution in [0.2, 0.25) is 0 Å². The highest BCUT2D eigenvalue weighted by molar-refractivity contribution is 5.99. The van der Waals surface area contributed by atoms with Crippen LogP contribution in [-0.4, -0.2) is 27.2 Å². The summed E-state index contributed by atoms with van der Waals surface area (Å²) in [7, 11) is 1.81. The molecule has 3 aromatic rings. The third-order valence-corrected chi connectivity index (χ3v) is 3.26. The molecule has 4 heteroatoms. The first kappa shape index (κ1) is 12.4. The lowest BCUT2D eigenvalue weighted by Gasteiger charge is -2.17. The van der Waals surface area contributed by atoms with Gasteiger partial charge in [-0.2, -0.15) is 0 Å². The van der Waals surface area contributed by atoms with Crippen LogP contribution in [0, 0.1) is 0 Å². The number of rotatable bonds is 3. The number of carbonyl (C=O) groups excluding carboxylic acids is 1. The second kappa shape index (κ2) is 5.17. The quantitative estimate of drug-likeness (QED) is 0.730. The Balaban J connectivity index is 1.87. The van der Waals surface area contributed by atoms with E-state index < -0.39 is 0 Å². The molecule has 1 amide bonds. The van der Waals surface area contributed by atoms with Gasteiger partial charge in [0.1, 0.15) is 5.65 Å². The van der Waals surface area contributed by atoms with Crippen LogP contribution in [0.5, 0.6) is 0 Å². The van der Waals surface area contributed by atoms with E-state index in [9.17, 15) is 4.79 Å². The van der Waals surface area contributed by atoms with E-state index >= 15 is 0 Å². The Kier molecular flexibility index (Phi) is 3.21. The van der Waals surface area contributed by atoms with Crippen LogP contribution in [0.4, 0.5) is 0 Å². The Morgan fingerprint density at radius 1 is 1.15 bits per heavy atom. The van der Waals surface area contributed by atoms with Crippen molar-refractivity contribution in [2.24, 2.45) is 0 Å². The van der Waals surface area contributed by atoms with Gasteiger partial charge in [-0.05, 0) is 17.7 Å². The minimum atomic E-state index is -0.0225. The van der Waals surface area contributed by atoms with E-state index in [0.29, 0.717) is 17.8 Å². The lowest BCUT2D eigenvalue weighted by Crippen LogP contribution is -2.26. The molecule has 0 saturated heterocycles. The summed E-state index contributed by atoms with van der Waals surface area (Å²) < 4.78 is 1.85. The molecule has 0 bridgehead atoms. The first-order valence-corrected chi connectivity index (χ1v) is 6.47. The summed E-state index contributed by atoms with van der Waals surface area (Å²) in [5.74, 6) is -0.0225. The van der Waals surface area contributed by atoms with Crippen LogP contribution in [0.15, 0.2) is 61.1 Å². The van der Waals surface area contributed by atoms with Gasteiger partial charge in [0, 0.05) is 32.2 Å². The van der Waals surface area contributed by atoms with Gasteiger partial charge < -0.3 is 9.30 Å². The average molecular weight is 265 g/mol. The van der Waals surface area contributed by atoms with E-state index in [4.69, 9.17) is 0 Å². The van der Waals surface area contributed by atoms with Crippen molar-refractivity contribution in [1.82, 2.24) is 14.3 Å². The Labute approximate surface area is 117 Å². The summed E-state index contributed by atoms with van der Waals surface area (Å²) >= 11 is 0. The van der Waals surface area contributed by atoms with Crippen molar-refractivity contribution in [2.45, 2.75) is 6.54 Å². The topological polar surface area (TPSA) is 37.6 Å². The summed E-state index contributed by atoms with van der Waals surface area (Å²) in [5.41, 5.74) is 2.42. The molecule has 0 atom stereocenters. The van der Waals surface area contributed by atoms with Crippen LogP contribution in [0.1, 0.15) is 15.9 Å². The molecule has 0 saturated carbocycles. The highest BCUT2D eigenvalue weighted by Crippen LogP contribution is 2.13. The molecule has 2 aromatic heterocycles. The average Bonchev–Trinajstić information content (AvgIpc) is 2.96. The van der Waals surface area contributed by atoms with E-state index in [1.54, 1.807) is 11.1 Å². The number of hydrogen-bond donors (Lipinski definition) is 0. The van der Waals surface area contributed by atoms with Gasteiger partial charge in [0.25, 0.3) is 5.91 Å². The number of fused-ring (bicyclic) bond motifs is 1. The van der Waals surface area contributed by atoms with Crippen molar-refractivity contribution < 1.29 is 4.79 Å². The van der Waals surface area contributed by atoms with E-state index in [2.05, 4.69) is 4.98 Å². The molecule has 3 rings (SSSR count). The highest BCUT2D eigenvalue weighted by atomic mass is 16.2. The summed E-state index contributed by atoms with van der Waals surface area (Å²) in [5, 5.41) is 0. The number of hydrogen-bond acceptors (Lipinski definition) is 2.